The Hall–Kier alpha value is -1.47. The van der Waals surface area contributed by atoms with Crippen LogP contribution in [0.5, 0.6) is 0 Å². The number of thiophene rings is 1. The molecule has 0 bridgehead atoms. The maximum Gasteiger partial charge on any atom is 0.329 e. The molecule has 2 rings (SSSR count). The van der Waals surface area contributed by atoms with Crippen LogP contribution in [0.3, 0.4) is 0 Å². The lowest BCUT2D eigenvalue weighted by Gasteiger charge is -2.19. The Morgan fingerprint density at radius 3 is 2.85 bits per heavy atom. The van der Waals surface area contributed by atoms with E-state index in [0.29, 0.717) is 11.8 Å². The Balaban J connectivity index is 2.66. The van der Waals surface area contributed by atoms with Gasteiger partial charge in [0, 0.05) is 0 Å². The minimum atomic E-state index is -0.694. The largest absolute Gasteiger partial charge is 0.467 e. The van der Waals surface area contributed by atoms with Crippen molar-refractivity contribution in [2.24, 2.45) is 5.92 Å². The molecule has 7 heteroatoms. The fourth-order valence-electron chi connectivity index (χ4n) is 2.13. The van der Waals surface area contributed by atoms with Crippen LogP contribution in [0.1, 0.15) is 26.3 Å². The summed E-state index contributed by atoms with van der Waals surface area (Å²) in [7, 11) is 1.32. The summed E-state index contributed by atoms with van der Waals surface area (Å²) >= 11 is 6.65. The molecule has 1 atom stereocenters. The zero-order valence-corrected chi connectivity index (χ0v) is 13.1. The van der Waals surface area contributed by atoms with E-state index in [1.54, 1.807) is 6.07 Å². The minimum Gasteiger partial charge on any atom is -0.467 e. The van der Waals surface area contributed by atoms with Crippen LogP contribution in [0.15, 0.2) is 16.2 Å². The number of nitrogens with zero attached hydrogens (tertiary/aromatic N) is 1. The topological polar surface area (TPSA) is 64.1 Å². The highest BCUT2D eigenvalue weighted by Crippen LogP contribution is 2.21. The highest BCUT2D eigenvalue weighted by atomic mass is 32.1. The van der Waals surface area contributed by atoms with E-state index >= 15 is 0 Å². The van der Waals surface area contributed by atoms with Gasteiger partial charge in [0.15, 0.2) is 4.77 Å². The first-order valence-electron chi connectivity index (χ1n) is 6.25. The second kappa shape index (κ2) is 5.88. The predicted octanol–water partition coefficient (Wildman–Crippen LogP) is 2.88. The molecule has 1 unspecified atom stereocenters. The molecule has 0 aliphatic carbocycles. The number of rotatable bonds is 4. The highest BCUT2D eigenvalue weighted by molar-refractivity contribution is 7.71. The molecule has 0 spiro atoms. The zero-order chi connectivity index (χ0) is 14.9. The van der Waals surface area contributed by atoms with E-state index in [9.17, 15) is 9.59 Å². The summed E-state index contributed by atoms with van der Waals surface area (Å²) < 4.78 is 6.40. The van der Waals surface area contributed by atoms with Crippen LogP contribution >= 0.6 is 23.6 Å². The van der Waals surface area contributed by atoms with Gasteiger partial charge in [-0.25, -0.2) is 4.79 Å². The molecule has 0 radical (unpaired) electrons. The van der Waals surface area contributed by atoms with Gasteiger partial charge in [0.05, 0.1) is 12.5 Å². The van der Waals surface area contributed by atoms with Crippen LogP contribution in [0, 0.1) is 10.7 Å². The molecule has 0 aliphatic heterocycles. The molecule has 0 fully saturated rings. The van der Waals surface area contributed by atoms with Crippen molar-refractivity contribution in [3.8, 4) is 0 Å². The van der Waals surface area contributed by atoms with Crippen LogP contribution < -0.4 is 5.56 Å². The van der Waals surface area contributed by atoms with Crippen molar-refractivity contribution in [3.05, 3.63) is 26.6 Å². The molecule has 0 aliphatic rings. The van der Waals surface area contributed by atoms with E-state index in [0.717, 1.165) is 4.83 Å². The van der Waals surface area contributed by atoms with Crippen LogP contribution in [-0.4, -0.2) is 22.6 Å². The van der Waals surface area contributed by atoms with Crippen molar-refractivity contribution < 1.29 is 9.53 Å². The smallest absolute Gasteiger partial charge is 0.329 e. The highest BCUT2D eigenvalue weighted by Gasteiger charge is 2.25. The molecule has 1 N–H and O–H groups in total. The lowest BCUT2D eigenvalue weighted by Crippen LogP contribution is -2.32. The SMILES string of the molecule is COC(=O)C(CC(C)C)n1c(=S)[nH]c2sccc2c1=O. The Morgan fingerprint density at radius 2 is 2.25 bits per heavy atom. The van der Waals surface area contributed by atoms with Crippen molar-refractivity contribution >= 4 is 39.7 Å². The minimum absolute atomic E-state index is 0.235. The van der Waals surface area contributed by atoms with Crippen LogP contribution in [0.2, 0.25) is 0 Å². The number of fused-ring (bicyclic) bond motifs is 1. The number of hydrogen-bond donors (Lipinski definition) is 1. The van der Waals surface area contributed by atoms with Crippen molar-refractivity contribution in [2.45, 2.75) is 26.3 Å². The van der Waals surface area contributed by atoms with Gasteiger partial charge >= 0.3 is 5.97 Å². The van der Waals surface area contributed by atoms with Gasteiger partial charge in [0.2, 0.25) is 0 Å². The van der Waals surface area contributed by atoms with Crippen molar-refractivity contribution in [2.75, 3.05) is 7.11 Å². The summed E-state index contributed by atoms with van der Waals surface area (Å²) in [5, 5.41) is 2.36. The third-order valence-electron chi connectivity index (χ3n) is 3.03. The van der Waals surface area contributed by atoms with Crippen molar-refractivity contribution in [1.29, 1.82) is 0 Å². The number of aromatic nitrogens is 2. The van der Waals surface area contributed by atoms with E-state index in [-0.39, 0.29) is 16.2 Å². The monoisotopic (exact) mass is 312 g/mol. The first-order chi connectivity index (χ1) is 9.45. The molecular formula is C13H16N2O3S2. The molecule has 2 heterocycles. The molecule has 0 saturated carbocycles. The first kappa shape index (κ1) is 14.9. The Morgan fingerprint density at radius 1 is 1.55 bits per heavy atom. The number of nitrogens with one attached hydrogen (secondary N) is 1. The molecule has 108 valence electrons. The third-order valence-corrected chi connectivity index (χ3v) is 4.16. The lowest BCUT2D eigenvalue weighted by molar-refractivity contribution is -0.145. The van der Waals surface area contributed by atoms with Gasteiger partial charge < -0.3 is 9.72 Å². The quantitative estimate of drug-likeness (QED) is 0.696. The fourth-order valence-corrected chi connectivity index (χ4v) is 3.28. The Kier molecular flexibility index (Phi) is 4.39. The molecule has 0 aromatic carbocycles. The van der Waals surface area contributed by atoms with Gasteiger partial charge in [-0.05, 0) is 36.0 Å². The standard InChI is InChI=1S/C13H16N2O3S2/c1-7(2)6-9(12(17)18-3)15-11(16)8-4-5-20-10(8)14-13(15)19/h4-5,7,9H,6H2,1-3H3,(H,14,19). The predicted molar refractivity (Wildman–Crippen MR) is 81.8 cm³/mol. The number of H-pyrrole nitrogens is 1. The molecule has 0 saturated heterocycles. The summed E-state index contributed by atoms with van der Waals surface area (Å²) in [5.41, 5.74) is -0.249. The average molecular weight is 312 g/mol. The average Bonchev–Trinajstić information content (AvgIpc) is 2.84. The summed E-state index contributed by atoms with van der Waals surface area (Å²) in [6.45, 7) is 3.97. The number of ether oxygens (including phenoxy) is 1. The summed E-state index contributed by atoms with van der Waals surface area (Å²) in [6.07, 6.45) is 0.500. The molecule has 0 amide bonds. The van der Waals surface area contributed by atoms with E-state index in [1.807, 2.05) is 19.2 Å². The van der Waals surface area contributed by atoms with Crippen molar-refractivity contribution in [3.63, 3.8) is 0 Å². The van der Waals surface area contributed by atoms with Crippen LogP contribution in [-0.2, 0) is 9.53 Å². The van der Waals surface area contributed by atoms with Crippen LogP contribution in [0.4, 0.5) is 0 Å². The van der Waals surface area contributed by atoms with Gasteiger partial charge in [-0.2, -0.15) is 0 Å². The molecular weight excluding hydrogens is 296 g/mol. The number of carbonyl (C=O) groups is 1. The maximum atomic E-state index is 12.5. The number of esters is 1. The molecule has 20 heavy (non-hydrogen) atoms. The molecule has 2 aromatic rings. The van der Waals surface area contributed by atoms with E-state index in [4.69, 9.17) is 17.0 Å². The van der Waals surface area contributed by atoms with E-state index in [2.05, 4.69) is 4.98 Å². The summed E-state index contributed by atoms with van der Waals surface area (Å²) in [5.74, 6) is -0.214. The summed E-state index contributed by atoms with van der Waals surface area (Å²) in [6, 6.07) is 1.04. The number of hydrogen-bond acceptors (Lipinski definition) is 5. The van der Waals surface area contributed by atoms with Gasteiger partial charge in [-0.15, -0.1) is 11.3 Å². The van der Waals surface area contributed by atoms with Gasteiger partial charge in [-0.3, -0.25) is 9.36 Å². The number of carbonyl (C=O) groups excluding carboxylic acids is 1. The van der Waals surface area contributed by atoms with Gasteiger partial charge in [0.25, 0.3) is 5.56 Å². The van der Waals surface area contributed by atoms with Crippen molar-refractivity contribution in [1.82, 2.24) is 9.55 Å². The first-order valence-corrected chi connectivity index (χ1v) is 7.54. The number of aromatic amines is 1. The van der Waals surface area contributed by atoms with E-state index < -0.39 is 12.0 Å². The zero-order valence-electron chi connectivity index (χ0n) is 11.5. The second-order valence-electron chi connectivity index (χ2n) is 4.94. The third kappa shape index (κ3) is 2.69. The molecule has 5 nitrogen and oxygen atoms in total. The fraction of sp³-hybridized carbons (Fsp3) is 0.462. The normalized spacial score (nSPS) is 12.8. The lowest BCUT2D eigenvalue weighted by atomic mass is 10.0. The Labute approximate surface area is 125 Å². The molecule has 2 aromatic heterocycles. The summed E-state index contributed by atoms with van der Waals surface area (Å²) in [4.78, 5) is 28.2. The second-order valence-corrected chi connectivity index (χ2v) is 6.24. The van der Waals surface area contributed by atoms with E-state index in [1.165, 1.54) is 23.0 Å². The van der Waals surface area contributed by atoms with Crippen LogP contribution in [0.25, 0.3) is 10.2 Å². The maximum absolute atomic E-state index is 12.5. The van der Waals surface area contributed by atoms with Gasteiger partial charge in [-0.1, -0.05) is 13.8 Å². The number of methoxy groups -OCH3 is 1. The van der Waals surface area contributed by atoms with Gasteiger partial charge in [0.1, 0.15) is 10.9 Å². The Bertz CT molecular complexity index is 742.